The molecule has 162 valence electrons. The number of halogens is 4. The first kappa shape index (κ1) is 21.4. The van der Waals surface area contributed by atoms with Gasteiger partial charge in [-0.1, -0.05) is 66.9 Å². The van der Waals surface area contributed by atoms with Crippen molar-refractivity contribution < 1.29 is 22.8 Å². The fourth-order valence-electron chi connectivity index (χ4n) is 4.04. The van der Waals surface area contributed by atoms with Crippen LogP contribution in [0.4, 0.5) is 13.2 Å². The van der Waals surface area contributed by atoms with Gasteiger partial charge in [-0.15, -0.1) is 0 Å². The number of benzene rings is 2. The van der Waals surface area contributed by atoms with Gasteiger partial charge in [0.15, 0.2) is 0 Å². The monoisotopic (exact) mass is 449 g/mol. The molecule has 1 unspecified atom stereocenters. The van der Waals surface area contributed by atoms with Crippen LogP contribution in [0.2, 0.25) is 5.02 Å². The van der Waals surface area contributed by atoms with Gasteiger partial charge in [0.2, 0.25) is 0 Å². The van der Waals surface area contributed by atoms with Crippen LogP contribution in [0.1, 0.15) is 41.6 Å². The number of aliphatic imine (C=N–C) groups is 1. The Morgan fingerprint density at radius 2 is 1.68 bits per heavy atom. The molecule has 2 aromatic carbocycles. The highest BCUT2D eigenvalue weighted by atomic mass is 35.5. The summed E-state index contributed by atoms with van der Waals surface area (Å²) in [4.78, 5) is 31.1. The van der Waals surface area contributed by atoms with E-state index in [1.807, 2.05) is 5.32 Å². The lowest BCUT2D eigenvalue weighted by Gasteiger charge is -2.31. The van der Waals surface area contributed by atoms with Gasteiger partial charge in [0, 0.05) is 11.6 Å². The van der Waals surface area contributed by atoms with E-state index < -0.39 is 29.7 Å². The number of nitrogens with one attached hydrogen (secondary N) is 1. The highest BCUT2D eigenvalue weighted by Gasteiger charge is 2.68. The predicted molar refractivity (Wildman–Crippen MR) is 110 cm³/mol. The van der Waals surface area contributed by atoms with Crippen LogP contribution in [0.15, 0.2) is 59.6 Å². The van der Waals surface area contributed by atoms with Crippen molar-refractivity contribution >= 4 is 29.3 Å². The molecular weight excluding hydrogens is 431 g/mol. The van der Waals surface area contributed by atoms with Crippen molar-refractivity contribution in [3.8, 4) is 0 Å². The molecule has 1 saturated carbocycles. The molecule has 31 heavy (non-hydrogen) atoms. The van der Waals surface area contributed by atoms with Gasteiger partial charge in [-0.2, -0.15) is 13.2 Å². The van der Waals surface area contributed by atoms with Crippen LogP contribution in [-0.4, -0.2) is 40.4 Å². The highest BCUT2D eigenvalue weighted by Crippen LogP contribution is 2.41. The summed E-state index contributed by atoms with van der Waals surface area (Å²) in [6.45, 7) is 0. The molecule has 0 radical (unpaired) electrons. The Kier molecular flexibility index (Phi) is 5.51. The number of hydrogen-bond donors (Lipinski definition) is 1. The third kappa shape index (κ3) is 3.69. The summed E-state index contributed by atoms with van der Waals surface area (Å²) >= 11 is 5.98. The van der Waals surface area contributed by atoms with Gasteiger partial charge in [-0.25, -0.2) is 4.99 Å². The average molecular weight is 450 g/mol. The first-order valence-electron chi connectivity index (χ1n) is 9.87. The number of carbonyl (C=O) groups excluding carboxylic acids is 2. The van der Waals surface area contributed by atoms with E-state index in [4.69, 9.17) is 11.6 Å². The molecule has 2 amide bonds. The summed E-state index contributed by atoms with van der Waals surface area (Å²) in [6, 6.07) is 13.5. The summed E-state index contributed by atoms with van der Waals surface area (Å²) < 4.78 is 43.2. The first-order chi connectivity index (χ1) is 14.7. The SMILES string of the molecule is O=C(NC1(C(F)(F)F)N=C(c2ccccc2)N(C2CCCC2)C1=O)c1ccccc1Cl. The zero-order valence-corrected chi connectivity index (χ0v) is 17.1. The van der Waals surface area contributed by atoms with Crippen LogP contribution in [0.5, 0.6) is 0 Å². The molecule has 1 N–H and O–H groups in total. The second-order valence-electron chi connectivity index (χ2n) is 7.56. The van der Waals surface area contributed by atoms with Crippen molar-refractivity contribution in [3.63, 3.8) is 0 Å². The van der Waals surface area contributed by atoms with E-state index >= 15 is 0 Å². The summed E-state index contributed by atoms with van der Waals surface area (Å²) in [5.74, 6) is -2.51. The minimum absolute atomic E-state index is 0.0253. The number of hydrogen-bond acceptors (Lipinski definition) is 3. The van der Waals surface area contributed by atoms with Crippen molar-refractivity contribution in [1.29, 1.82) is 0 Å². The Labute approximate surface area is 181 Å². The minimum atomic E-state index is -5.16. The maximum absolute atomic E-state index is 14.4. The lowest BCUT2D eigenvalue weighted by Crippen LogP contribution is -2.64. The molecule has 5 nitrogen and oxygen atoms in total. The van der Waals surface area contributed by atoms with Crippen molar-refractivity contribution in [2.75, 3.05) is 0 Å². The standard InChI is InChI=1S/C22H19ClF3N3O2/c23-17-13-7-6-12-16(17)19(30)28-21(22(24,25)26)20(31)29(15-10-4-5-11-15)18(27-21)14-8-2-1-3-9-14/h1-3,6-9,12-13,15H,4-5,10-11H2,(H,28,30). The first-order valence-corrected chi connectivity index (χ1v) is 10.2. The quantitative estimate of drug-likeness (QED) is 0.743. The Hall–Kier alpha value is -2.87. The molecule has 1 aliphatic carbocycles. The summed E-state index contributed by atoms with van der Waals surface area (Å²) in [6.07, 6.45) is -2.40. The summed E-state index contributed by atoms with van der Waals surface area (Å²) in [5, 5.41) is 1.84. The molecular formula is C22H19ClF3N3O2. The van der Waals surface area contributed by atoms with Crippen LogP contribution in [0.3, 0.4) is 0 Å². The molecule has 2 aliphatic rings. The van der Waals surface area contributed by atoms with Crippen molar-refractivity contribution in [2.45, 2.75) is 43.6 Å². The smallest absolute Gasteiger partial charge is 0.312 e. The maximum Gasteiger partial charge on any atom is 0.442 e. The largest absolute Gasteiger partial charge is 0.442 e. The predicted octanol–water partition coefficient (Wildman–Crippen LogP) is 4.56. The van der Waals surface area contributed by atoms with Gasteiger partial charge in [-0.05, 0) is 25.0 Å². The van der Waals surface area contributed by atoms with Crippen LogP contribution in [0.25, 0.3) is 0 Å². The van der Waals surface area contributed by atoms with E-state index in [-0.39, 0.29) is 16.4 Å². The molecule has 0 bridgehead atoms. The zero-order chi connectivity index (χ0) is 22.2. The van der Waals surface area contributed by atoms with E-state index in [0.717, 1.165) is 17.7 Å². The molecule has 1 fully saturated rings. The van der Waals surface area contributed by atoms with Crippen LogP contribution in [0, 0.1) is 0 Å². The second kappa shape index (κ2) is 8.00. The number of amidine groups is 1. The molecule has 0 aromatic heterocycles. The third-order valence-electron chi connectivity index (χ3n) is 5.58. The third-order valence-corrected chi connectivity index (χ3v) is 5.90. The molecule has 0 saturated heterocycles. The molecule has 1 atom stereocenters. The lowest BCUT2D eigenvalue weighted by atomic mass is 10.1. The fraction of sp³-hybridized carbons (Fsp3) is 0.318. The Morgan fingerprint density at radius 1 is 1.06 bits per heavy atom. The lowest BCUT2D eigenvalue weighted by molar-refractivity contribution is -0.196. The van der Waals surface area contributed by atoms with Gasteiger partial charge >= 0.3 is 11.8 Å². The zero-order valence-electron chi connectivity index (χ0n) is 16.3. The average Bonchev–Trinajstić information content (AvgIpc) is 3.35. The maximum atomic E-state index is 14.4. The minimum Gasteiger partial charge on any atom is -0.312 e. The Morgan fingerprint density at radius 3 is 2.29 bits per heavy atom. The van der Waals surface area contributed by atoms with E-state index in [0.29, 0.717) is 18.4 Å². The van der Waals surface area contributed by atoms with Crippen molar-refractivity contribution in [1.82, 2.24) is 10.2 Å². The number of amides is 2. The topological polar surface area (TPSA) is 61.8 Å². The molecule has 4 rings (SSSR count). The van der Waals surface area contributed by atoms with Crippen molar-refractivity contribution in [2.24, 2.45) is 4.99 Å². The van der Waals surface area contributed by atoms with Gasteiger partial charge < -0.3 is 5.32 Å². The van der Waals surface area contributed by atoms with E-state index in [9.17, 15) is 22.8 Å². The van der Waals surface area contributed by atoms with Crippen LogP contribution in [-0.2, 0) is 4.79 Å². The molecule has 9 heteroatoms. The number of nitrogens with zero attached hydrogens (tertiary/aromatic N) is 2. The molecule has 1 heterocycles. The van der Waals surface area contributed by atoms with Gasteiger partial charge in [0.1, 0.15) is 5.84 Å². The second-order valence-corrected chi connectivity index (χ2v) is 7.96. The van der Waals surface area contributed by atoms with Crippen LogP contribution < -0.4 is 5.32 Å². The number of alkyl halides is 3. The normalized spacial score (nSPS) is 22.0. The van der Waals surface area contributed by atoms with Gasteiger partial charge in [0.05, 0.1) is 10.6 Å². The Balaban J connectivity index is 1.82. The fourth-order valence-corrected chi connectivity index (χ4v) is 4.26. The van der Waals surface area contributed by atoms with Crippen molar-refractivity contribution in [3.05, 3.63) is 70.7 Å². The number of rotatable bonds is 4. The highest BCUT2D eigenvalue weighted by molar-refractivity contribution is 6.34. The van der Waals surface area contributed by atoms with Gasteiger partial charge in [-0.3, -0.25) is 14.5 Å². The van der Waals surface area contributed by atoms with E-state index in [1.54, 1.807) is 36.4 Å². The molecule has 2 aromatic rings. The van der Waals surface area contributed by atoms with E-state index in [2.05, 4.69) is 4.99 Å². The van der Waals surface area contributed by atoms with Crippen LogP contribution >= 0.6 is 11.6 Å². The molecule has 1 aliphatic heterocycles. The summed E-state index contributed by atoms with van der Waals surface area (Å²) in [7, 11) is 0. The molecule has 0 spiro atoms. The summed E-state index contributed by atoms with van der Waals surface area (Å²) in [5.41, 5.74) is -3.21. The van der Waals surface area contributed by atoms with E-state index in [1.165, 1.54) is 18.2 Å². The Bertz CT molecular complexity index is 1040. The van der Waals surface area contributed by atoms with Gasteiger partial charge in [0.25, 0.3) is 11.8 Å². The number of carbonyl (C=O) groups is 2.